The zero-order chi connectivity index (χ0) is 21.0. The average molecular weight is 423 g/mol. The molecule has 1 heterocycles. The van der Waals surface area contributed by atoms with E-state index >= 15 is 0 Å². The Morgan fingerprint density at radius 1 is 1.10 bits per heavy atom. The van der Waals surface area contributed by atoms with Gasteiger partial charge < -0.3 is 9.47 Å². The van der Waals surface area contributed by atoms with Crippen LogP contribution in [-0.2, 0) is 15.7 Å². The van der Waals surface area contributed by atoms with E-state index in [1.165, 1.54) is 30.9 Å². The van der Waals surface area contributed by atoms with Gasteiger partial charge in [-0.05, 0) is 42.5 Å². The molecule has 0 saturated carbocycles. The van der Waals surface area contributed by atoms with Crippen molar-refractivity contribution in [3.8, 4) is 22.8 Å². The molecule has 0 radical (unpaired) electrons. The summed E-state index contributed by atoms with van der Waals surface area (Å²) < 4.78 is 50.8. The third-order valence-corrected chi connectivity index (χ3v) is 4.86. The Balaban J connectivity index is 2.10. The molecule has 0 aliphatic carbocycles. The van der Waals surface area contributed by atoms with Crippen LogP contribution < -0.4 is 4.74 Å². The summed E-state index contributed by atoms with van der Waals surface area (Å²) in [5, 5.41) is 8.46. The predicted octanol–water partition coefficient (Wildman–Crippen LogP) is 4.23. The third-order valence-electron chi connectivity index (χ3n) is 3.96. The minimum absolute atomic E-state index is 0.0593. The molecule has 0 aliphatic heterocycles. The number of alkyl halides is 3. The third kappa shape index (κ3) is 4.70. The summed E-state index contributed by atoms with van der Waals surface area (Å²) in [6.07, 6.45) is -4.50. The van der Waals surface area contributed by atoms with E-state index in [1.807, 2.05) is 0 Å². The fourth-order valence-electron chi connectivity index (χ4n) is 2.53. The fourth-order valence-corrected chi connectivity index (χ4v) is 3.31. The Labute approximate surface area is 168 Å². The van der Waals surface area contributed by atoms with Gasteiger partial charge in [0, 0.05) is 5.56 Å². The number of hydrogen-bond donors (Lipinski definition) is 0. The van der Waals surface area contributed by atoms with Gasteiger partial charge in [0.15, 0.2) is 11.0 Å². The highest BCUT2D eigenvalue weighted by molar-refractivity contribution is 7.99. The first-order valence-corrected chi connectivity index (χ1v) is 9.29. The standard InChI is InChI=1S/C19H16F3N3O3S/c1-27-15-8-6-12(7-9-15)17-23-24-18(29-11-16(26)28-2)25(17)14-5-3-4-13(10-14)19(20,21)22/h3-10H,11H2,1-2H3. The van der Waals surface area contributed by atoms with E-state index in [0.29, 0.717) is 17.1 Å². The molecule has 0 unspecified atom stereocenters. The second kappa shape index (κ2) is 8.56. The van der Waals surface area contributed by atoms with Gasteiger partial charge in [0.05, 0.1) is 31.2 Å². The molecule has 3 rings (SSSR count). The van der Waals surface area contributed by atoms with Crippen LogP contribution in [0.3, 0.4) is 0 Å². The van der Waals surface area contributed by atoms with E-state index < -0.39 is 17.7 Å². The number of halogens is 3. The molecule has 2 aromatic carbocycles. The largest absolute Gasteiger partial charge is 0.497 e. The first kappa shape index (κ1) is 20.7. The van der Waals surface area contributed by atoms with Gasteiger partial charge in [-0.1, -0.05) is 17.8 Å². The molecule has 0 atom stereocenters. The van der Waals surface area contributed by atoms with Crippen LogP contribution in [0.4, 0.5) is 13.2 Å². The van der Waals surface area contributed by atoms with Crippen molar-refractivity contribution in [2.75, 3.05) is 20.0 Å². The minimum Gasteiger partial charge on any atom is -0.497 e. The van der Waals surface area contributed by atoms with Gasteiger partial charge in [-0.15, -0.1) is 10.2 Å². The van der Waals surface area contributed by atoms with Crippen LogP contribution in [0.25, 0.3) is 17.1 Å². The number of aromatic nitrogens is 3. The van der Waals surface area contributed by atoms with E-state index in [9.17, 15) is 18.0 Å². The summed E-state index contributed by atoms with van der Waals surface area (Å²) in [7, 11) is 2.78. The fraction of sp³-hybridized carbons (Fsp3) is 0.211. The van der Waals surface area contributed by atoms with Crippen molar-refractivity contribution in [3.05, 3.63) is 54.1 Å². The second-order valence-corrected chi connectivity index (χ2v) is 6.73. The molecule has 152 valence electrons. The number of hydrogen-bond acceptors (Lipinski definition) is 6. The van der Waals surface area contributed by atoms with Crippen molar-refractivity contribution in [2.45, 2.75) is 11.3 Å². The van der Waals surface area contributed by atoms with Crippen LogP contribution in [0, 0.1) is 0 Å². The number of carbonyl (C=O) groups is 1. The van der Waals surface area contributed by atoms with Gasteiger partial charge in [0.1, 0.15) is 5.75 Å². The molecular weight excluding hydrogens is 407 g/mol. The molecule has 0 aliphatic rings. The summed E-state index contributed by atoms with van der Waals surface area (Å²) in [6.45, 7) is 0. The summed E-state index contributed by atoms with van der Waals surface area (Å²) in [6, 6.07) is 11.7. The van der Waals surface area contributed by atoms with Crippen LogP contribution in [0.2, 0.25) is 0 Å². The molecule has 0 bridgehead atoms. The lowest BCUT2D eigenvalue weighted by atomic mass is 10.1. The smallest absolute Gasteiger partial charge is 0.416 e. The Kier molecular flexibility index (Phi) is 6.12. The van der Waals surface area contributed by atoms with Gasteiger partial charge in [-0.3, -0.25) is 9.36 Å². The second-order valence-electron chi connectivity index (χ2n) is 5.78. The van der Waals surface area contributed by atoms with Crippen molar-refractivity contribution >= 4 is 17.7 Å². The van der Waals surface area contributed by atoms with E-state index in [0.717, 1.165) is 23.9 Å². The highest BCUT2D eigenvalue weighted by Gasteiger charge is 2.31. The quantitative estimate of drug-likeness (QED) is 0.437. The van der Waals surface area contributed by atoms with Crippen molar-refractivity contribution in [3.63, 3.8) is 0 Å². The number of nitrogens with zero attached hydrogens (tertiary/aromatic N) is 3. The molecule has 3 aromatic rings. The van der Waals surface area contributed by atoms with E-state index in [2.05, 4.69) is 14.9 Å². The number of carbonyl (C=O) groups excluding carboxylic acids is 1. The van der Waals surface area contributed by atoms with Gasteiger partial charge in [0.2, 0.25) is 0 Å². The first-order valence-electron chi connectivity index (χ1n) is 8.30. The van der Waals surface area contributed by atoms with E-state index in [-0.39, 0.29) is 16.6 Å². The molecule has 29 heavy (non-hydrogen) atoms. The van der Waals surface area contributed by atoms with Gasteiger partial charge in [-0.25, -0.2) is 0 Å². The van der Waals surface area contributed by atoms with Crippen molar-refractivity contribution in [2.24, 2.45) is 0 Å². The number of esters is 1. The van der Waals surface area contributed by atoms with Gasteiger partial charge in [-0.2, -0.15) is 13.2 Å². The number of thioether (sulfide) groups is 1. The number of methoxy groups -OCH3 is 2. The Morgan fingerprint density at radius 2 is 1.83 bits per heavy atom. The summed E-state index contributed by atoms with van der Waals surface area (Å²) >= 11 is 1.02. The zero-order valence-corrected chi connectivity index (χ0v) is 16.3. The van der Waals surface area contributed by atoms with Crippen LogP contribution in [0.5, 0.6) is 5.75 Å². The Morgan fingerprint density at radius 3 is 2.45 bits per heavy atom. The average Bonchev–Trinajstić information content (AvgIpc) is 3.15. The van der Waals surface area contributed by atoms with Crippen molar-refractivity contribution in [1.82, 2.24) is 14.8 Å². The molecule has 1 aromatic heterocycles. The zero-order valence-electron chi connectivity index (χ0n) is 15.4. The first-order chi connectivity index (χ1) is 13.8. The molecular formula is C19H16F3N3O3S. The monoisotopic (exact) mass is 423 g/mol. The number of benzene rings is 2. The predicted molar refractivity (Wildman–Crippen MR) is 101 cm³/mol. The number of rotatable bonds is 6. The molecule has 10 heteroatoms. The lowest BCUT2D eigenvalue weighted by Crippen LogP contribution is -2.08. The molecule has 0 saturated heterocycles. The van der Waals surface area contributed by atoms with Crippen LogP contribution in [0.15, 0.2) is 53.7 Å². The molecule has 0 amide bonds. The maximum absolute atomic E-state index is 13.2. The lowest BCUT2D eigenvalue weighted by Gasteiger charge is -2.13. The molecule has 0 spiro atoms. The maximum Gasteiger partial charge on any atom is 0.416 e. The van der Waals surface area contributed by atoms with E-state index in [4.69, 9.17) is 4.74 Å². The molecule has 0 N–H and O–H groups in total. The molecule has 0 fully saturated rings. The normalized spacial score (nSPS) is 11.3. The maximum atomic E-state index is 13.2. The summed E-state index contributed by atoms with van der Waals surface area (Å²) in [5.41, 5.74) is 0.0527. The summed E-state index contributed by atoms with van der Waals surface area (Å²) in [5.74, 6) is 0.411. The Hall–Kier alpha value is -3.01. The van der Waals surface area contributed by atoms with E-state index in [1.54, 1.807) is 24.3 Å². The SMILES string of the molecule is COC(=O)CSc1nnc(-c2ccc(OC)cc2)n1-c1cccc(C(F)(F)F)c1. The summed E-state index contributed by atoms with van der Waals surface area (Å²) in [4.78, 5) is 11.5. The van der Waals surface area contributed by atoms with Crippen molar-refractivity contribution < 1.29 is 27.4 Å². The minimum atomic E-state index is -4.50. The van der Waals surface area contributed by atoms with Crippen LogP contribution in [-0.4, -0.2) is 40.7 Å². The topological polar surface area (TPSA) is 66.2 Å². The Bertz CT molecular complexity index is 1000. The highest BCUT2D eigenvalue weighted by atomic mass is 32.2. The van der Waals surface area contributed by atoms with Crippen molar-refractivity contribution in [1.29, 1.82) is 0 Å². The van der Waals surface area contributed by atoms with Gasteiger partial charge >= 0.3 is 12.1 Å². The van der Waals surface area contributed by atoms with Crippen LogP contribution in [0.1, 0.15) is 5.56 Å². The van der Waals surface area contributed by atoms with Gasteiger partial charge in [0.25, 0.3) is 0 Å². The number of ether oxygens (including phenoxy) is 2. The lowest BCUT2D eigenvalue weighted by molar-refractivity contribution is -0.138. The molecule has 6 nitrogen and oxygen atoms in total. The highest BCUT2D eigenvalue weighted by Crippen LogP contribution is 2.33. The van der Waals surface area contributed by atoms with Crippen LogP contribution >= 0.6 is 11.8 Å².